The van der Waals surface area contributed by atoms with E-state index in [2.05, 4.69) is 11.1 Å². The van der Waals surface area contributed by atoms with Crippen molar-refractivity contribution in [2.24, 2.45) is 5.92 Å². The lowest BCUT2D eigenvalue weighted by Crippen LogP contribution is -2.49. The SMILES string of the molecule is CC(=O)C1(S(=O)(=O)c2ccc(-c3ccc(CCC4CCCCC4)cn3)cc2)CCOCC1. The number of pyridine rings is 1. The standard InChI is InChI=1S/C26H33NO4S/c1-20(28)26(15-17-31-18-16-26)32(29,30)24-12-10-23(11-13-24)25-14-9-22(19-27-25)8-7-21-5-3-2-4-6-21/h9-14,19,21H,2-8,15-18H2,1H3. The van der Waals surface area contributed by atoms with Crippen LogP contribution in [0.3, 0.4) is 0 Å². The molecule has 0 amide bonds. The molecule has 1 saturated heterocycles. The van der Waals surface area contributed by atoms with Gasteiger partial charge in [0, 0.05) is 25.0 Å². The van der Waals surface area contributed by atoms with Crippen molar-refractivity contribution in [2.75, 3.05) is 13.2 Å². The van der Waals surface area contributed by atoms with Gasteiger partial charge >= 0.3 is 0 Å². The maximum Gasteiger partial charge on any atom is 0.191 e. The Morgan fingerprint density at radius 2 is 1.72 bits per heavy atom. The van der Waals surface area contributed by atoms with Crippen LogP contribution in [-0.4, -0.2) is 37.1 Å². The van der Waals surface area contributed by atoms with Crippen LogP contribution >= 0.6 is 0 Å². The normalized spacial score (nSPS) is 19.5. The van der Waals surface area contributed by atoms with Gasteiger partial charge in [-0.05, 0) is 62.3 Å². The summed E-state index contributed by atoms with van der Waals surface area (Å²) in [5.41, 5.74) is 2.94. The monoisotopic (exact) mass is 455 g/mol. The summed E-state index contributed by atoms with van der Waals surface area (Å²) >= 11 is 0. The molecule has 2 fully saturated rings. The van der Waals surface area contributed by atoms with E-state index in [1.165, 1.54) is 51.0 Å². The average Bonchev–Trinajstić information content (AvgIpc) is 2.84. The van der Waals surface area contributed by atoms with E-state index in [9.17, 15) is 13.2 Å². The highest BCUT2D eigenvalue weighted by Gasteiger charge is 2.49. The zero-order chi connectivity index (χ0) is 22.6. The Kier molecular flexibility index (Phi) is 7.11. The third-order valence-electron chi connectivity index (χ3n) is 7.31. The minimum atomic E-state index is -3.80. The number of ether oxygens (including phenoxy) is 1. The van der Waals surface area contributed by atoms with E-state index >= 15 is 0 Å². The first-order chi connectivity index (χ1) is 15.4. The zero-order valence-corrected chi connectivity index (χ0v) is 19.7. The molecule has 2 aromatic rings. The first kappa shape index (κ1) is 23.1. The number of rotatable bonds is 7. The number of carbonyl (C=O) groups excluding carboxylic acids is 1. The van der Waals surface area contributed by atoms with Crippen molar-refractivity contribution in [3.8, 4) is 11.3 Å². The largest absolute Gasteiger partial charge is 0.381 e. The summed E-state index contributed by atoms with van der Waals surface area (Å²) in [6.07, 6.45) is 11.5. The molecule has 2 aliphatic rings. The number of benzene rings is 1. The molecule has 6 heteroatoms. The summed E-state index contributed by atoms with van der Waals surface area (Å²) in [5.74, 6) is 0.544. The van der Waals surface area contributed by atoms with Crippen molar-refractivity contribution in [3.05, 3.63) is 48.2 Å². The Morgan fingerprint density at radius 1 is 1.03 bits per heavy atom. The van der Waals surface area contributed by atoms with Crippen LogP contribution in [0.5, 0.6) is 0 Å². The highest BCUT2D eigenvalue weighted by Crippen LogP contribution is 2.36. The lowest BCUT2D eigenvalue weighted by Gasteiger charge is -2.34. The third kappa shape index (κ3) is 4.67. The molecule has 1 saturated carbocycles. The van der Waals surface area contributed by atoms with Crippen molar-refractivity contribution < 1.29 is 17.9 Å². The average molecular weight is 456 g/mol. The van der Waals surface area contributed by atoms with Gasteiger partial charge in [-0.1, -0.05) is 50.3 Å². The van der Waals surface area contributed by atoms with Gasteiger partial charge in [0.15, 0.2) is 15.6 Å². The van der Waals surface area contributed by atoms with E-state index in [4.69, 9.17) is 4.74 Å². The summed E-state index contributed by atoms with van der Waals surface area (Å²) < 4.78 is 30.6. The Hall–Kier alpha value is -2.05. The molecule has 1 aromatic carbocycles. The van der Waals surface area contributed by atoms with E-state index in [1.54, 1.807) is 24.3 Å². The Balaban J connectivity index is 1.46. The van der Waals surface area contributed by atoms with Gasteiger partial charge in [-0.25, -0.2) is 8.42 Å². The summed E-state index contributed by atoms with van der Waals surface area (Å²) in [6.45, 7) is 1.94. The molecule has 0 spiro atoms. The molecule has 0 unspecified atom stereocenters. The number of nitrogens with zero attached hydrogens (tertiary/aromatic N) is 1. The van der Waals surface area contributed by atoms with E-state index in [0.717, 1.165) is 23.6 Å². The fourth-order valence-electron chi connectivity index (χ4n) is 5.13. The molecular formula is C26H33NO4S. The molecule has 0 N–H and O–H groups in total. The number of hydrogen-bond donors (Lipinski definition) is 0. The molecule has 5 nitrogen and oxygen atoms in total. The van der Waals surface area contributed by atoms with Crippen molar-refractivity contribution >= 4 is 15.6 Å². The Labute approximate surface area is 191 Å². The van der Waals surface area contributed by atoms with Crippen LogP contribution in [-0.2, 0) is 25.8 Å². The lowest BCUT2D eigenvalue weighted by molar-refractivity contribution is -0.121. The second-order valence-corrected chi connectivity index (χ2v) is 11.5. The molecule has 172 valence electrons. The molecule has 0 radical (unpaired) electrons. The van der Waals surface area contributed by atoms with E-state index in [-0.39, 0.29) is 36.7 Å². The second-order valence-electron chi connectivity index (χ2n) is 9.29. The van der Waals surface area contributed by atoms with Crippen LogP contribution in [0.15, 0.2) is 47.5 Å². The van der Waals surface area contributed by atoms with Gasteiger partial charge in [-0.15, -0.1) is 0 Å². The third-order valence-corrected chi connectivity index (χ3v) is 9.92. The zero-order valence-electron chi connectivity index (χ0n) is 18.9. The Morgan fingerprint density at radius 3 is 2.31 bits per heavy atom. The molecule has 4 rings (SSSR count). The summed E-state index contributed by atoms with van der Waals surface area (Å²) in [6, 6.07) is 10.9. The number of aromatic nitrogens is 1. The van der Waals surface area contributed by atoms with E-state index in [0.29, 0.717) is 0 Å². The van der Waals surface area contributed by atoms with Crippen molar-refractivity contribution in [2.45, 2.75) is 74.4 Å². The van der Waals surface area contributed by atoms with Crippen LogP contribution in [0, 0.1) is 5.92 Å². The predicted molar refractivity (Wildman–Crippen MR) is 125 cm³/mol. The van der Waals surface area contributed by atoms with Gasteiger partial charge in [-0.2, -0.15) is 0 Å². The lowest BCUT2D eigenvalue weighted by atomic mass is 9.85. The summed E-state index contributed by atoms with van der Waals surface area (Å²) in [5, 5.41) is 0. The summed E-state index contributed by atoms with van der Waals surface area (Å²) in [7, 11) is -3.80. The molecule has 1 aliphatic heterocycles. The number of carbonyl (C=O) groups is 1. The van der Waals surface area contributed by atoms with E-state index in [1.807, 2.05) is 12.3 Å². The van der Waals surface area contributed by atoms with Crippen LogP contribution in [0.4, 0.5) is 0 Å². The van der Waals surface area contributed by atoms with E-state index < -0.39 is 14.6 Å². The van der Waals surface area contributed by atoms with Gasteiger partial charge in [0.25, 0.3) is 0 Å². The number of hydrogen-bond acceptors (Lipinski definition) is 5. The fraction of sp³-hybridized carbons (Fsp3) is 0.538. The van der Waals surface area contributed by atoms with Crippen LogP contribution in [0.1, 0.15) is 63.9 Å². The fourth-order valence-corrected chi connectivity index (χ4v) is 7.16. The first-order valence-electron chi connectivity index (χ1n) is 11.8. The van der Waals surface area contributed by atoms with Gasteiger partial charge < -0.3 is 4.74 Å². The predicted octanol–water partition coefficient (Wildman–Crippen LogP) is 5.17. The second kappa shape index (κ2) is 9.84. The molecule has 32 heavy (non-hydrogen) atoms. The Bertz CT molecular complexity index is 1020. The number of sulfone groups is 1. The van der Waals surface area contributed by atoms with Gasteiger partial charge in [-0.3, -0.25) is 9.78 Å². The van der Waals surface area contributed by atoms with Crippen LogP contribution in [0.25, 0.3) is 11.3 Å². The summed E-state index contributed by atoms with van der Waals surface area (Å²) in [4.78, 5) is 17.2. The molecule has 0 bridgehead atoms. The van der Waals surface area contributed by atoms with Crippen molar-refractivity contribution in [1.29, 1.82) is 0 Å². The number of aryl methyl sites for hydroxylation is 1. The minimum absolute atomic E-state index is 0.183. The molecule has 1 aliphatic carbocycles. The molecular weight excluding hydrogens is 422 g/mol. The highest BCUT2D eigenvalue weighted by atomic mass is 32.2. The first-order valence-corrected chi connectivity index (χ1v) is 13.3. The number of Topliss-reactive ketones (excluding diaryl/α,β-unsaturated/α-hetero) is 1. The minimum Gasteiger partial charge on any atom is -0.381 e. The smallest absolute Gasteiger partial charge is 0.191 e. The van der Waals surface area contributed by atoms with Crippen molar-refractivity contribution in [3.63, 3.8) is 0 Å². The molecule has 1 aromatic heterocycles. The topological polar surface area (TPSA) is 73.3 Å². The van der Waals surface area contributed by atoms with Crippen LogP contribution < -0.4 is 0 Å². The van der Waals surface area contributed by atoms with Gasteiger partial charge in [0.05, 0.1) is 10.6 Å². The maximum absolute atomic E-state index is 13.4. The number of ketones is 1. The highest BCUT2D eigenvalue weighted by molar-refractivity contribution is 7.93. The van der Waals surface area contributed by atoms with Gasteiger partial charge in [0.2, 0.25) is 0 Å². The van der Waals surface area contributed by atoms with Crippen molar-refractivity contribution in [1.82, 2.24) is 4.98 Å². The molecule has 0 atom stereocenters. The van der Waals surface area contributed by atoms with Gasteiger partial charge in [0.1, 0.15) is 4.75 Å². The quantitative estimate of drug-likeness (QED) is 0.576. The van der Waals surface area contributed by atoms with Crippen LogP contribution in [0.2, 0.25) is 0 Å². The molecule has 2 heterocycles. The maximum atomic E-state index is 13.4.